The van der Waals surface area contributed by atoms with Crippen molar-refractivity contribution in [3.63, 3.8) is 0 Å². The molecule has 0 saturated heterocycles. The number of hydrogen-bond donors (Lipinski definition) is 1. The molecule has 1 unspecified atom stereocenters. The highest BCUT2D eigenvalue weighted by atomic mass is 35.5. The Hall–Kier alpha value is -1.83. The van der Waals surface area contributed by atoms with Crippen molar-refractivity contribution in [1.29, 1.82) is 5.26 Å². The van der Waals surface area contributed by atoms with E-state index >= 15 is 0 Å². The maximum atomic E-state index is 10.9. The fourth-order valence-electron chi connectivity index (χ4n) is 2.23. The van der Waals surface area contributed by atoms with Gasteiger partial charge in [-0.05, 0) is 31.0 Å². The first-order valence-electron chi connectivity index (χ1n) is 6.45. The molecule has 1 atom stereocenters. The number of rotatable bonds is 4. The van der Waals surface area contributed by atoms with Crippen molar-refractivity contribution in [2.45, 2.75) is 32.4 Å². The highest BCUT2D eigenvalue weighted by molar-refractivity contribution is 6.31. The first-order chi connectivity index (χ1) is 9.50. The van der Waals surface area contributed by atoms with Crippen LogP contribution in [-0.2, 0) is 12.1 Å². The number of nitriles is 1. The molecule has 0 spiro atoms. The third-order valence-corrected chi connectivity index (χ3v) is 3.54. The number of halogens is 1. The van der Waals surface area contributed by atoms with Crippen LogP contribution in [0.5, 0.6) is 0 Å². The van der Waals surface area contributed by atoms with Crippen LogP contribution in [-0.4, -0.2) is 14.9 Å². The largest absolute Gasteiger partial charge is 0.379 e. The standard InChI is InChI=1S/C15H16ClN3O/c1-3-8-19-14(13(16)10-18-19)15(2,20)12-6-4-11(9-17)5-7-12/h4-7,10,20H,3,8H2,1-2H3. The van der Waals surface area contributed by atoms with E-state index in [0.717, 1.165) is 6.42 Å². The summed E-state index contributed by atoms with van der Waals surface area (Å²) in [6.07, 6.45) is 2.44. The van der Waals surface area contributed by atoms with Gasteiger partial charge in [-0.25, -0.2) is 0 Å². The monoisotopic (exact) mass is 289 g/mol. The summed E-state index contributed by atoms with van der Waals surface area (Å²) in [6, 6.07) is 8.88. The molecule has 0 aliphatic carbocycles. The second-order valence-corrected chi connectivity index (χ2v) is 5.23. The number of nitrogens with zero attached hydrogens (tertiary/aromatic N) is 3. The summed E-state index contributed by atoms with van der Waals surface area (Å²) in [5.74, 6) is 0. The fraction of sp³-hybridized carbons (Fsp3) is 0.333. The summed E-state index contributed by atoms with van der Waals surface area (Å²) in [5, 5.41) is 24.3. The molecule has 1 heterocycles. The number of aryl methyl sites for hydroxylation is 1. The highest BCUT2D eigenvalue weighted by Gasteiger charge is 2.32. The molecule has 4 nitrogen and oxygen atoms in total. The van der Waals surface area contributed by atoms with E-state index in [4.69, 9.17) is 16.9 Å². The Morgan fingerprint density at radius 3 is 2.60 bits per heavy atom. The SMILES string of the molecule is CCCn1ncc(Cl)c1C(C)(O)c1ccc(C#N)cc1. The van der Waals surface area contributed by atoms with Crippen molar-refractivity contribution in [2.24, 2.45) is 0 Å². The van der Waals surface area contributed by atoms with Gasteiger partial charge in [-0.3, -0.25) is 4.68 Å². The lowest BCUT2D eigenvalue weighted by Gasteiger charge is -2.25. The number of hydrogen-bond acceptors (Lipinski definition) is 3. The Morgan fingerprint density at radius 1 is 1.40 bits per heavy atom. The molecule has 1 N–H and O–H groups in total. The number of aliphatic hydroxyl groups is 1. The zero-order valence-corrected chi connectivity index (χ0v) is 12.2. The van der Waals surface area contributed by atoms with Crippen molar-refractivity contribution < 1.29 is 5.11 Å². The van der Waals surface area contributed by atoms with Crippen molar-refractivity contribution >= 4 is 11.6 Å². The van der Waals surface area contributed by atoms with Gasteiger partial charge in [-0.2, -0.15) is 10.4 Å². The third kappa shape index (κ3) is 2.55. The Balaban J connectivity index is 2.48. The van der Waals surface area contributed by atoms with Crippen molar-refractivity contribution in [1.82, 2.24) is 9.78 Å². The predicted octanol–water partition coefficient (Wildman–Crippen LogP) is 3.07. The van der Waals surface area contributed by atoms with E-state index in [1.54, 1.807) is 42.1 Å². The third-order valence-electron chi connectivity index (χ3n) is 3.27. The second kappa shape index (κ2) is 5.66. The number of benzene rings is 1. The summed E-state index contributed by atoms with van der Waals surface area (Å²) < 4.78 is 1.72. The molecule has 2 rings (SSSR count). The van der Waals surface area contributed by atoms with E-state index in [2.05, 4.69) is 11.2 Å². The van der Waals surface area contributed by atoms with Gasteiger partial charge in [-0.1, -0.05) is 30.7 Å². The van der Waals surface area contributed by atoms with Crippen molar-refractivity contribution in [3.05, 3.63) is 52.3 Å². The van der Waals surface area contributed by atoms with Crippen LogP contribution in [0.1, 0.15) is 37.1 Å². The lowest BCUT2D eigenvalue weighted by Crippen LogP contribution is -2.27. The fourth-order valence-corrected chi connectivity index (χ4v) is 2.56. The van der Waals surface area contributed by atoms with Crippen LogP contribution in [0.3, 0.4) is 0 Å². The molecule has 0 radical (unpaired) electrons. The van der Waals surface area contributed by atoms with Gasteiger partial charge in [0, 0.05) is 6.54 Å². The molecule has 1 aromatic heterocycles. The summed E-state index contributed by atoms with van der Waals surface area (Å²) in [5.41, 5.74) is 0.552. The predicted molar refractivity (Wildman–Crippen MR) is 77.4 cm³/mol. The van der Waals surface area contributed by atoms with E-state index in [1.165, 1.54) is 0 Å². The summed E-state index contributed by atoms with van der Waals surface area (Å²) >= 11 is 6.18. The molecule has 1 aromatic carbocycles. The van der Waals surface area contributed by atoms with E-state index in [0.29, 0.717) is 28.4 Å². The average Bonchev–Trinajstić information content (AvgIpc) is 2.81. The molecule has 0 saturated carbocycles. The maximum Gasteiger partial charge on any atom is 0.130 e. The van der Waals surface area contributed by atoms with Gasteiger partial charge in [0.25, 0.3) is 0 Å². The average molecular weight is 290 g/mol. The van der Waals surface area contributed by atoms with Crippen LogP contribution in [0.25, 0.3) is 0 Å². The Labute approximate surface area is 123 Å². The maximum absolute atomic E-state index is 10.9. The molecule has 0 amide bonds. The number of aromatic nitrogens is 2. The van der Waals surface area contributed by atoms with Crippen molar-refractivity contribution in [2.75, 3.05) is 0 Å². The highest BCUT2D eigenvalue weighted by Crippen LogP contribution is 2.34. The first kappa shape index (κ1) is 14.6. The lowest BCUT2D eigenvalue weighted by molar-refractivity contribution is 0.0915. The molecule has 0 aliphatic heterocycles. The molecular weight excluding hydrogens is 274 g/mol. The Kier molecular flexibility index (Phi) is 4.12. The topological polar surface area (TPSA) is 61.8 Å². The van der Waals surface area contributed by atoms with Gasteiger partial charge in [0.15, 0.2) is 0 Å². The molecular formula is C15H16ClN3O. The molecule has 2 aromatic rings. The summed E-state index contributed by atoms with van der Waals surface area (Å²) in [7, 11) is 0. The van der Waals surface area contributed by atoms with Crippen LogP contribution in [0, 0.1) is 11.3 Å². The minimum atomic E-state index is -1.25. The van der Waals surface area contributed by atoms with Crippen LogP contribution >= 0.6 is 11.6 Å². The lowest BCUT2D eigenvalue weighted by atomic mass is 9.91. The van der Waals surface area contributed by atoms with Crippen LogP contribution in [0.15, 0.2) is 30.5 Å². The van der Waals surface area contributed by atoms with E-state index in [9.17, 15) is 5.11 Å². The molecule has 0 aliphatic rings. The molecule has 0 bridgehead atoms. The van der Waals surface area contributed by atoms with Gasteiger partial charge in [0.05, 0.1) is 28.5 Å². The van der Waals surface area contributed by atoms with Gasteiger partial charge in [-0.15, -0.1) is 0 Å². The Morgan fingerprint density at radius 2 is 2.05 bits per heavy atom. The normalized spacial score (nSPS) is 13.8. The minimum Gasteiger partial charge on any atom is -0.379 e. The summed E-state index contributed by atoms with van der Waals surface area (Å²) in [6.45, 7) is 4.41. The van der Waals surface area contributed by atoms with E-state index < -0.39 is 5.60 Å². The minimum absolute atomic E-state index is 0.438. The van der Waals surface area contributed by atoms with Gasteiger partial charge in [0.2, 0.25) is 0 Å². The second-order valence-electron chi connectivity index (χ2n) is 4.83. The van der Waals surface area contributed by atoms with Gasteiger partial charge >= 0.3 is 0 Å². The molecule has 0 fully saturated rings. The molecule has 5 heteroatoms. The van der Waals surface area contributed by atoms with Crippen LogP contribution in [0.2, 0.25) is 5.02 Å². The zero-order chi connectivity index (χ0) is 14.8. The Bertz CT molecular complexity index is 638. The van der Waals surface area contributed by atoms with E-state index in [-0.39, 0.29) is 0 Å². The first-order valence-corrected chi connectivity index (χ1v) is 6.83. The summed E-state index contributed by atoms with van der Waals surface area (Å²) in [4.78, 5) is 0. The van der Waals surface area contributed by atoms with Crippen LogP contribution in [0.4, 0.5) is 0 Å². The molecule has 104 valence electrons. The van der Waals surface area contributed by atoms with Gasteiger partial charge in [0.1, 0.15) is 5.60 Å². The molecule has 20 heavy (non-hydrogen) atoms. The smallest absolute Gasteiger partial charge is 0.130 e. The van der Waals surface area contributed by atoms with Crippen LogP contribution < -0.4 is 0 Å². The van der Waals surface area contributed by atoms with E-state index in [1.807, 2.05) is 6.92 Å². The quantitative estimate of drug-likeness (QED) is 0.941. The zero-order valence-electron chi connectivity index (χ0n) is 11.5. The van der Waals surface area contributed by atoms with Crippen molar-refractivity contribution in [3.8, 4) is 6.07 Å². The van der Waals surface area contributed by atoms with Gasteiger partial charge < -0.3 is 5.11 Å².